The molecule has 1 aromatic heterocycles. The monoisotopic (exact) mass is 371 g/mol. The van der Waals surface area contributed by atoms with E-state index in [1.807, 2.05) is 42.5 Å². The molecular weight excluding hydrogens is 358 g/mol. The van der Waals surface area contributed by atoms with E-state index in [1.54, 1.807) is 12.1 Å². The average molecular weight is 372 g/mol. The second kappa shape index (κ2) is 6.79. The maximum absolute atomic E-state index is 12.1. The molecule has 0 saturated heterocycles. The first kappa shape index (κ1) is 15.5. The van der Waals surface area contributed by atoms with Crippen LogP contribution in [0.25, 0.3) is 10.9 Å². The molecule has 3 rings (SSSR count). The number of ether oxygens (including phenoxy) is 1. The number of fused-ring (bicyclic) bond motifs is 1. The molecule has 0 saturated carbocycles. The lowest BCUT2D eigenvalue weighted by Crippen LogP contribution is -2.27. The van der Waals surface area contributed by atoms with Gasteiger partial charge in [0.25, 0.3) is 5.56 Å². The Morgan fingerprint density at radius 1 is 1.00 bits per heavy atom. The van der Waals surface area contributed by atoms with Crippen molar-refractivity contribution in [3.8, 4) is 5.75 Å². The standard InChI is InChI=1S/C18H14BrNO3/c19-11-17(22)20-16(21)10-9-14-7-4-8-15(18(14)20)23-12-13-5-2-1-3-6-13/h1-10H,11-12H2. The summed E-state index contributed by atoms with van der Waals surface area (Å²) >= 11 is 3.12. The Kier molecular flexibility index (Phi) is 4.57. The summed E-state index contributed by atoms with van der Waals surface area (Å²) in [4.78, 5) is 24.3. The van der Waals surface area contributed by atoms with Crippen molar-refractivity contribution >= 4 is 32.7 Å². The van der Waals surface area contributed by atoms with Gasteiger partial charge in [0, 0.05) is 11.5 Å². The van der Waals surface area contributed by atoms with Crippen molar-refractivity contribution in [2.24, 2.45) is 0 Å². The molecule has 0 aliphatic heterocycles. The first-order valence-corrected chi connectivity index (χ1v) is 8.23. The predicted molar refractivity (Wildman–Crippen MR) is 93.4 cm³/mol. The fourth-order valence-corrected chi connectivity index (χ4v) is 2.67. The summed E-state index contributed by atoms with van der Waals surface area (Å²) in [6, 6.07) is 18.3. The van der Waals surface area contributed by atoms with Crippen LogP contribution in [0.4, 0.5) is 0 Å². The summed E-state index contributed by atoms with van der Waals surface area (Å²) in [6.07, 6.45) is 0. The van der Waals surface area contributed by atoms with Gasteiger partial charge in [0.1, 0.15) is 17.9 Å². The Hall–Kier alpha value is -2.40. The normalized spacial score (nSPS) is 10.7. The number of hydrogen-bond donors (Lipinski definition) is 0. The summed E-state index contributed by atoms with van der Waals surface area (Å²) in [6.45, 7) is 0.367. The first-order chi connectivity index (χ1) is 11.2. The lowest BCUT2D eigenvalue weighted by molar-refractivity contribution is 0.0943. The van der Waals surface area contributed by atoms with E-state index < -0.39 is 0 Å². The van der Waals surface area contributed by atoms with E-state index in [1.165, 1.54) is 6.07 Å². The van der Waals surface area contributed by atoms with Crippen LogP contribution < -0.4 is 10.3 Å². The molecule has 0 spiro atoms. The molecule has 0 atom stereocenters. The molecule has 1 heterocycles. The van der Waals surface area contributed by atoms with Gasteiger partial charge in [-0.15, -0.1) is 0 Å². The van der Waals surface area contributed by atoms with Gasteiger partial charge in [-0.1, -0.05) is 58.4 Å². The summed E-state index contributed by atoms with van der Waals surface area (Å²) in [5, 5.41) is 0.850. The second-order valence-corrected chi connectivity index (χ2v) is 5.56. The average Bonchev–Trinajstić information content (AvgIpc) is 2.60. The number of benzene rings is 2. The van der Waals surface area contributed by atoms with E-state index in [0.717, 1.165) is 15.5 Å². The number of carbonyl (C=O) groups excluding carboxylic acids is 1. The van der Waals surface area contributed by atoms with Gasteiger partial charge in [-0.2, -0.15) is 0 Å². The molecule has 0 N–H and O–H groups in total. The number of aromatic nitrogens is 1. The molecule has 116 valence electrons. The zero-order valence-electron chi connectivity index (χ0n) is 12.2. The van der Waals surface area contributed by atoms with Crippen molar-refractivity contribution in [2.75, 3.05) is 5.33 Å². The van der Waals surface area contributed by atoms with Gasteiger partial charge in [-0.3, -0.25) is 9.59 Å². The molecule has 5 heteroatoms. The number of rotatable bonds is 4. The molecule has 4 nitrogen and oxygen atoms in total. The molecule has 0 radical (unpaired) electrons. The third-order valence-electron chi connectivity index (χ3n) is 3.48. The number of nitrogens with zero attached hydrogens (tertiary/aromatic N) is 1. The molecule has 0 fully saturated rings. The van der Waals surface area contributed by atoms with E-state index in [2.05, 4.69) is 15.9 Å². The molecular formula is C18H14BrNO3. The van der Waals surface area contributed by atoms with E-state index in [-0.39, 0.29) is 16.8 Å². The summed E-state index contributed by atoms with van der Waals surface area (Å²) in [7, 11) is 0. The van der Waals surface area contributed by atoms with E-state index in [4.69, 9.17) is 4.74 Å². The SMILES string of the molecule is O=C(CBr)n1c(=O)ccc2cccc(OCc3ccccc3)c21. The molecule has 2 aromatic carbocycles. The van der Waals surface area contributed by atoms with Crippen molar-refractivity contribution in [1.82, 2.24) is 4.57 Å². The highest BCUT2D eigenvalue weighted by Gasteiger charge is 2.14. The third-order valence-corrected chi connectivity index (χ3v) is 3.96. The maximum Gasteiger partial charge on any atom is 0.257 e. The number of carbonyl (C=O) groups is 1. The minimum Gasteiger partial charge on any atom is -0.487 e. The first-order valence-electron chi connectivity index (χ1n) is 7.11. The van der Waals surface area contributed by atoms with Gasteiger partial charge in [0.05, 0.1) is 5.33 Å². The highest BCUT2D eigenvalue weighted by Crippen LogP contribution is 2.25. The van der Waals surface area contributed by atoms with Gasteiger partial charge in [0.15, 0.2) is 0 Å². The lowest BCUT2D eigenvalue weighted by Gasteiger charge is -2.13. The molecule has 0 amide bonds. The van der Waals surface area contributed by atoms with Crippen LogP contribution in [0, 0.1) is 0 Å². The summed E-state index contributed by atoms with van der Waals surface area (Å²) in [5.41, 5.74) is 1.15. The van der Waals surface area contributed by atoms with Crippen molar-refractivity contribution in [3.05, 3.63) is 76.6 Å². The van der Waals surface area contributed by atoms with Gasteiger partial charge in [0.2, 0.25) is 5.91 Å². The maximum atomic E-state index is 12.1. The molecule has 0 bridgehead atoms. The third kappa shape index (κ3) is 3.19. The Morgan fingerprint density at radius 3 is 2.52 bits per heavy atom. The van der Waals surface area contributed by atoms with Crippen molar-refractivity contribution in [3.63, 3.8) is 0 Å². The van der Waals surface area contributed by atoms with E-state index in [0.29, 0.717) is 17.9 Å². The smallest absolute Gasteiger partial charge is 0.257 e. The zero-order chi connectivity index (χ0) is 16.2. The fourth-order valence-electron chi connectivity index (χ4n) is 2.42. The second-order valence-electron chi connectivity index (χ2n) is 5.00. The Morgan fingerprint density at radius 2 is 1.78 bits per heavy atom. The van der Waals surface area contributed by atoms with Crippen molar-refractivity contribution in [2.45, 2.75) is 6.61 Å². The van der Waals surface area contributed by atoms with Gasteiger partial charge in [-0.05, 0) is 17.7 Å². The number of hydrogen-bond acceptors (Lipinski definition) is 3. The Bertz CT molecular complexity index is 903. The van der Waals surface area contributed by atoms with Gasteiger partial charge in [-0.25, -0.2) is 4.57 Å². The summed E-state index contributed by atoms with van der Waals surface area (Å²) in [5.74, 6) is 0.190. The molecule has 0 aliphatic rings. The van der Waals surface area contributed by atoms with Crippen LogP contribution in [0.5, 0.6) is 5.75 Å². The summed E-state index contributed by atoms with van der Waals surface area (Å²) < 4.78 is 7.03. The van der Waals surface area contributed by atoms with E-state index >= 15 is 0 Å². The highest BCUT2D eigenvalue weighted by atomic mass is 79.9. The predicted octanol–water partition coefficient (Wildman–Crippen LogP) is 3.62. The number of alkyl halides is 1. The van der Waals surface area contributed by atoms with Gasteiger partial charge >= 0.3 is 0 Å². The number of pyridine rings is 1. The van der Waals surface area contributed by atoms with Crippen LogP contribution in [0.1, 0.15) is 10.4 Å². The molecule has 3 aromatic rings. The Labute approximate surface area is 141 Å². The minimum absolute atomic E-state index is 0.0685. The van der Waals surface area contributed by atoms with E-state index in [9.17, 15) is 9.59 Å². The lowest BCUT2D eigenvalue weighted by atomic mass is 10.2. The van der Waals surface area contributed by atoms with Crippen molar-refractivity contribution in [1.29, 1.82) is 0 Å². The highest BCUT2D eigenvalue weighted by molar-refractivity contribution is 9.09. The van der Waals surface area contributed by atoms with Crippen LogP contribution in [0.2, 0.25) is 0 Å². The van der Waals surface area contributed by atoms with Crippen molar-refractivity contribution < 1.29 is 9.53 Å². The zero-order valence-corrected chi connectivity index (χ0v) is 13.8. The molecule has 0 unspecified atom stereocenters. The quantitative estimate of drug-likeness (QED) is 0.658. The number of halogens is 1. The van der Waals surface area contributed by atoms with Crippen LogP contribution in [0.3, 0.4) is 0 Å². The Balaban J connectivity index is 2.08. The minimum atomic E-state index is -0.363. The van der Waals surface area contributed by atoms with Crippen LogP contribution >= 0.6 is 15.9 Å². The van der Waals surface area contributed by atoms with Crippen LogP contribution in [-0.2, 0) is 6.61 Å². The molecule has 0 aliphatic carbocycles. The van der Waals surface area contributed by atoms with Crippen LogP contribution in [0.15, 0.2) is 65.5 Å². The topological polar surface area (TPSA) is 48.3 Å². The molecule has 23 heavy (non-hydrogen) atoms. The number of para-hydroxylation sites is 1. The van der Waals surface area contributed by atoms with Crippen LogP contribution in [-0.4, -0.2) is 15.8 Å². The fraction of sp³-hybridized carbons (Fsp3) is 0.111. The largest absolute Gasteiger partial charge is 0.487 e. The van der Waals surface area contributed by atoms with Gasteiger partial charge < -0.3 is 4.74 Å².